The average Bonchev–Trinajstić information content (AvgIpc) is 2.42. The first-order chi connectivity index (χ1) is 9.97. The van der Waals surface area contributed by atoms with Crippen molar-refractivity contribution in [3.05, 3.63) is 63.3 Å². The average molecular weight is 388 g/mol. The highest BCUT2D eigenvalue weighted by Crippen LogP contribution is 2.19. The predicted molar refractivity (Wildman–Crippen MR) is 89.2 cm³/mol. The van der Waals surface area contributed by atoms with E-state index in [1.54, 1.807) is 30.3 Å². The van der Waals surface area contributed by atoms with E-state index < -0.39 is 11.7 Å². The van der Waals surface area contributed by atoms with Crippen LogP contribution in [-0.2, 0) is 0 Å². The second-order valence-electron chi connectivity index (χ2n) is 4.01. The molecule has 0 aliphatic heterocycles. The third kappa shape index (κ3) is 4.23. The molecule has 0 aliphatic carbocycles. The highest BCUT2D eigenvalue weighted by Gasteiger charge is 2.12. The van der Waals surface area contributed by atoms with Gasteiger partial charge in [-0.2, -0.15) is 0 Å². The fourth-order valence-electron chi connectivity index (χ4n) is 1.56. The Kier molecular flexibility index (Phi) is 5.27. The van der Waals surface area contributed by atoms with Gasteiger partial charge in [-0.15, -0.1) is 0 Å². The zero-order valence-corrected chi connectivity index (χ0v) is 13.7. The third-order valence-electron chi connectivity index (χ3n) is 2.52. The zero-order valence-electron chi connectivity index (χ0n) is 10.5. The summed E-state index contributed by atoms with van der Waals surface area (Å²) in [6.07, 6.45) is 0. The maximum absolute atomic E-state index is 13.6. The predicted octanol–water partition coefficient (Wildman–Crippen LogP) is 4.37. The molecule has 1 amide bonds. The molecule has 0 saturated heterocycles. The molecule has 0 atom stereocenters. The zero-order chi connectivity index (χ0) is 15.4. The minimum absolute atomic E-state index is 0.0128. The summed E-state index contributed by atoms with van der Waals surface area (Å²) in [7, 11) is 0. The Morgan fingerprint density at radius 3 is 2.62 bits per heavy atom. The van der Waals surface area contributed by atoms with Crippen LogP contribution in [0.4, 0.5) is 10.1 Å². The smallest absolute Gasteiger partial charge is 0.258 e. The molecule has 0 radical (unpaired) electrons. The van der Waals surface area contributed by atoms with E-state index in [4.69, 9.17) is 23.8 Å². The number of anilines is 1. The maximum atomic E-state index is 13.6. The molecule has 0 heterocycles. The fourth-order valence-corrected chi connectivity index (χ4v) is 2.32. The Hall–Kier alpha value is -1.50. The standard InChI is InChI=1S/C14H9BrClFN2OS/c15-8-5-6-12(11(17)7-8)18-14(21)19-13(20)9-3-1-2-4-10(9)16/h1-7H,(H2,18,19,20,21). The van der Waals surface area contributed by atoms with Crippen molar-refractivity contribution in [2.75, 3.05) is 5.32 Å². The summed E-state index contributed by atoms with van der Waals surface area (Å²) in [5.74, 6) is -0.950. The van der Waals surface area contributed by atoms with Crippen molar-refractivity contribution >= 4 is 56.5 Å². The number of nitrogens with one attached hydrogen (secondary N) is 2. The Labute approximate surface area is 139 Å². The van der Waals surface area contributed by atoms with Gasteiger partial charge >= 0.3 is 0 Å². The molecular weight excluding hydrogens is 379 g/mol. The maximum Gasteiger partial charge on any atom is 0.258 e. The van der Waals surface area contributed by atoms with Gasteiger partial charge in [0.1, 0.15) is 5.82 Å². The van der Waals surface area contributed by atoms with Gasteiger partial charge in [0.25, 0.3) is 5.91 Å². The molecule has 0 spiro atoms. The summed E-state index contributed by atoms with van der Waals surface area (Å²) >= 11 is 14.1. The second kappa shape index (κ2) is 6.98. The molecule has 0 aliphatic rings. The van der Waals surface area contributed by atoms with Crippen molar-refractivity contribution in [1.82, 2.24) is 5.32 Å². The molecule has 2 N–H and O–H groups in total. The van der Waals surface area contributed by atoms with Crippen LogP contribution in [0, 0.1) is 5.82 Å². The molecule has 7 heteroatoms. The molecule has 0 fully saturated rings. The van der Waals surface area contributed by atoms with Crippen molar-refractivity contribution in [3.63, 3.8) is 0 Å². The lowest BCUT2D eigenvalue weighted by molar-refractivity contribution is 0.0978. The third-order valence-corrected chi connectivity index (χ3v) is 3.55. The van der Waals surface area contributed by atoms with Crippen LogP contribution in [0.1, 0.15) is 10.4 Å². The highest BCUT2D eigenvalue weighted by atomic mass is 79.9. The topological polar surface area (TPSA) is 41.1 Å². The molecule has 0 saturated carbocycles. The van der Waals surface area contributed by atoms with Crippen LogP contribution in [-0.4, -0.2) is 11.0 Å². The van der Waals surface area contributed by atoms with E-state index in [2.05, 4.69) is 26.6 Å². The van der Waals surface area contributed by atoms with Gasteiger partial charge in [-0.05, 0) is 42.5 Å². The Morgan fingerprint density at radius 1 is 1.24 bits per heavy atom. The first kappa shape index (κ1) is 15.9. The lowest BCUT2D eigenvalue weighted by Crippen LogP contribution is -2.34. The monoisotopic (exact) mass is 386 g/mol. The van der Waals surface area contributed by atoms with Gasteiger partial charge in [0, 0.05) is 4.47 Å². The number of thiocarbonyl (C=S) groups is 1. The van der Waals surface area contributed by atoms with Crippen LogP contribution in [0.2, 0.25) is 5.02 Å². The van der Waals surface area contributed by atoms with Crippen molar-refractivity contribution in [2.45, 2.75) is 0 Å². The number of hydrogen-bond acceptors (Lipinski definition) is 2. The van der Waals surface area contributed by atoms with E-state index in [0.717, 1.165) is 0 Å². The number of halogens is 3. The Morgan fingerprint density at radius 2 is 1.95 bits per heavy atom. The first-order valence-corrected chi connectivity index (χ1v) is 7.37. The molecule has 0 aromatic heterocycles. The summed E-state index contributed by atoms with van der Waals surface area (Å²) in [5, 5.41) is 5.36. The number of hydrogen-bond donors (Lipinski definition) is 2. The molecule has 21 heavy (non-hydrogen) atoms. The van der Waals surface area contributed by atoms with Gasteiger partial charge in [-0.25, -0.2) is 4.39 Å². The van der Waals surface area contributed by atoms with Crippen molar-refractivity contribution < 1.29 is 9.18 Å². The SMILES string of the molecule is O=C(NC(=S)Nc1ccc(Br)cc1F)c1ccccc1Cl. The van der Waals surface area contributed by atoms with Crippen molar-refractivity contribution in [3.8, 4) is 0 Å². The number of carbonyl (C=O) groups excluding carboxylic acids is 1. The van der Waals surface area contributed by atoms with E-state index in [0.29, 0.717) is 15.1 Å². The second-order valence-corrected chi connectivity index (χ2v) is 5.74. The number of amides is 1. The molecule has 2 rings (SSSR count). The minimum atomic E-state index is -0.487. The largest absolute Gasteiger partial charge is 0.330 e. The van der Waals surface area contributed by atoms with Crippen molar-refractivity contribution in [2.24, 2.45) is 0 Å². The Balaban J connectivity index is 2.05. The molecule has 3 nitrogen and oxygen atoms in total. The molecule has 0 bridgehead atoms. The van der Waals surface area contributed by atoms with Crippen LogP contribution in [0.25, 0.3) is 0 Å². The highest BCUT2D eigenvalue weighted by molar-refractivity contribution is 9.10. The van der Waals surface area contributed by atoms with Gasteiger partial charge in [-0.3, -0.25) is 10.1 Å². The fraction of sp³-hybridized carbons (Fsp3) is 0. The van der Waals surface area contributed by atoms with E-state index in [9.17, 15) is 9.18 Å². The summed E-state index contributed by atoms with van der Waals surface area (Å²) in [6.45, 7) is 0. The lowest BCUT2D eigenvalue weighted by Gasteiger charge is -2.11. The van der Waals surface area contributed by atoms with Crippen LogP contribution < -0.4 is 10.6 Å². The summed E-state index contributed by atoms with van der Waals surface area (Å²) < 4.78 is 14.3. The van der Waals surface area contributed by atoms with E-state index >= 15 is 0 Å². The summed E-state index contributed by atoms with van der Waals surface area (Å²) in [6, 6.07) is 11.0. The number of rotatable bonds is 2. The summed E-state index contributed by atoms with van der Waals surface area (Å²) in [4.78, 5) is 12.0. The van der Waals surface area contributed by atoms with Crippen LogP contribution in [0.3, 0.4) is 0 Å². The molecule has 108 valence electrons. The number of carbonyl (C=O) groups is 1. The number of benzene rings is 2. The quantitative estimate of drug-likeness (QED) is 0.752. The van der Waals surface area contributed by atoms with Gasteiger partial charge in [0.15, 0.2) is 5.11 Å². The van der Waals surface area contributed by atoms with Gasteiger partial charge in [0.05, 0.1) is 16.3 Å². The van der Waals surface area contributed by atoms with Crippen LogP contribution >= 0.6 is 39.7 Å². The van der Waals surface area contributed by atoms with Crippen molar-refractivity contribution in [1.29, 1.82) is 0 Å². The Bertz CT molecular complexity index is 711. The molecular formula is C14H9BrClFN2OS. The molecule has 0 unspecified atom stereocenters. The molecule has 2 aromatic carbocycles. The van der Waals surface area contributed by atoms with E-state index in [-0.39, 0.29) is 10.8 Å². The normalized spacial score (nSPS) is 10.0. The summed E-state index contributed by atoms with van der Waals surface area (Å²) in [5.41, 5.74) is 0.460. The van der Waals surface area contributed by atoms with E-state index in [1.165, 1.54) is 12.1 Å². The van der Waals surface area contributed by atoms with Gasteiger partial charge in [-0.1, -0.05) is 39.7 Å². The van der Waals surface area contributed by atoms with E-state index in [1.807, 2.05) is 0 Å². The van der Waals surface area contributed by atoms with Gasteiger partial charge < -0.3 is 5.32 Å². The van der Waals surface area contributed by atoms with Crippen LogP contribution in [0.5, 0.6) is 0 Å². The lowest BCUT2D eigenvalue weighted by atomic mass is 10.2. The van der Waals surface area contributed by atoms with Crippen LogP contribution in [0.15, 0.2) is 46.9 Å². The molecule has 2 aromatic rings. The van der Waals surface area contributed by atoms with Gasteiger partial charge in [0.2, 0.25) is 0 Å². The first-order valence-electron chi connectivity index (χ1n) is 5.79. The minimum Gasteiger partial charge on any atom is -0.330 e.